The Bertz CT molecular complexity index is 1290. The third kappa shape index (κ3) is 4.97. The molecule has 0 fully saturated rings. The summed E-state index contributed by atoms with van der Waals surface area (Å²) in [5.41, 5.74) is 9.45. The van der Waals surface area contributed by atoms with Crippen LogP contribution in [0.3, 0.4) is 0 Å². The van der Waals surface area contributed by atoms with E-state index in [1.54, 1.807) is 42.7 Å². The van der Waals surface area contributed by atoms with E-state index < -0.39 is 17.8 Å². The van der Waals surface area contributed by atoms with Crippen molar-refractivity contribution < 1.29 is 14.3 Å². The van der Waals surface area contributed by atoms with Crippen LogP contribution in [0.15, 0.2) is 73.2 Å². The molecule has 174 valence electrons. The maximum Gasteiger partial charge on any atom is 0.254 e. The minimum Gasteiger partial charge on any atom is -0.394 e. The van der Waals surface area contributed by atoms with E-state index in [0.29, 0.717) is 11.1 Å². The second-order valence-corrected chi connectivity index (χ2v) is 7.96. The van der Waals surface area contributed by atoms with Gasteiger partial charge in [0.05, 0.1) is 24.4 Å². The number of aromatic nitrogens is 3. The number of nitrogens with two attached hydrogens (primary N) is 1. The average Bonchev–Trinajstić information content (AvgIpc) is 3.32. The van der Waals surface area contributed by atoms with Gasteiger partial charge in [0.2, 0.25) is 0 Å². The Morgan fingerprint density at radius 3 is 2.62 bits per heavy atom. The molecule has 0 saturated heterocycles. The minimum atomic E-state index is -0.694. The lowest BCUT2D eigenvalue weighted by Crippen LogP contribution is -2.31. The van der Waals surface area contributed by atoms with Gasteiger partial charge in [-0.25, -0.2) is 9.37 Å². The highest BCUT2D eigenvalue weighted by Crippen LogP contribution is 2.30. The number of nitrogen functional groups attached to an aromatic ring is 1. The summed E-state index contributed by atoms with van der Waals surface area (Å²) in [5, 5.41) is 16.7. The summed E-state index contributed by atoms with van der Waals surface area (Å²) in [6.07, 6.45) is 6.31. The predicted octanol–water partition coefficient (Wildman–Crippen LogP) is 4.21. The number of hydrogen-bond donors (Lipinski definition) is 3. The molecule has 0 radical (unpaired) electrons. The number of carbonyl (C=O) groups excluding carboxylic acids is 1. The number of amides is 1. The summed E-state index contributed by atoms with van der Waals surface area (Å²) in [4.78, 5) is 17.0. The summed E-state index contributed by atoms with van der Waals surface area (Å²) in [6.45, 7) is 2.58. The van der Waals surface area contributed by atoms with Crippen LogP contribution in [0, 0.1) is 5.82 Å². The first-order valence-corrected chi connectivity index (χ1v) is 11.0. The molecule has 0 aliphatic heterocycles. The molecule has 4 aromatic rings. The SMILES string of the molecule is CCCn1cc(-c2cnc(N)c(-c3ccc(C(=O)N[C@H](CO)c4ccccc4)c(F)c3)c2)cn1. The Hall–Kier alpha value is -4.04. The molecule has 0 bridgehead atoms. The second-order valence-electron chi connectivity index (χ2n) is 7.96. The molecule has 0 aliphatic rings. The Kier molecular flexibility index (Phi) is 6.98. The number of nitrogens with one attached hydrogen (secondary N) is 1. The fourth-order valence-electron chi connectivity index (χ4n) is 3.75. The van der Waals surface area contributed by atoms with E-state index in [1.807, 2.05) is 23.0 Å². The van der Waals surface area contributed by atoms with Crippen LogP contribution in [0.1, 0.15) is 35.3 Å². The van der Waals surface area contributed by atoms with Gasteiger partial charge in [0.15, 0.2) is 0 Å². The summed E-state index contributed by atoms with van der Waals surface area (Å²) >= 11 is 0. The quantitative estimate of drug-likeness (QED) is 0.366. The van der Waals surface area contributed by atoms with Gasteiger partial charge in [0.25, 0.3) is 5.91 Å². The third-order valence-corrected chi connectivity index (χ3v) is 5.55. The van der Waals surface area contributed by atoms with Gasteiger partial charge in [0.1, 0.15) is 11.6 Å². The zero-order valence-corrected chi connectivity index (χ0v) is 18.8. The zero-order valence-electron chi connectivity index (χ0n) is 18.8. The molecule has 7 nitrogen and oxygen atoms in total. The molecule has 0 aliphatic carbocycles. The van der Waals surface area contributed by atoms with Gasteiger partial charge in [-0.1, -0.05) is 43.3 Å². The monoisotopic (exact) mass is 459 g/mol. The Morgan fingerprint density at radius 2 is 1.91 bits per heavy atom. The lowest BCUT2D eigenvalue weighted by molar-refractivity contribution is 0.0912. The van der Waals surface area contributed by atoms with Crippen LogP contribution >= 0.6 is 0 Å². The molecule has 1 atom stereocenters. The Morgan fingerprint density at radius 1 is 1.12 bits per heavy atom. The van der Waals surface area contributed by atoms with Gasteiger partial charge in [0, 0.05) is 35.6 Å². The fraction of sp³-hybridized carbons (Fsp3) is 0.192. The molecule has 0 saturated carbocycles. The lowest BCUT2D eigenvalue weighted by Gasteiger charge is -2.17. The number of rotatable bonds is 8. The van der Waals surface area contributed by atoms with Crippen LogP contribution in [-0.4, -0.2) is 32.4 Å². The van der Waals surface area contributed by atoms with Crippen LogP contribution in [0.2, 0.25) is 0 Å². The standard InChI is InChI=1S/C26H26FN5O2/c1-2-10-32-15-20(14-30-32)19-11-22(25(28)29-13-19)18-8-9-21(23(27)12-18)26(34)31-24(16-33)17-6-4-3-5-7-17/h3-9,11-15,24,33H,2,10,16H2,1H3,(H2,28,29)(H,31,34)/t24-/m1/s1. The molecular formula is C26H26FN5O2. The van der Waals surface area contributed by atoms with E-state index in [0.717, 1.165) is 29.7 Å². The van der Waals surface area contributed by atoms with Crippen molar-refractivity contribution in [1.29, 1.82) is 0 Å². The second kappa shape index (κ2) is 10.3. The van der Waals surface area contributed by atoms with Gasteiger partial charge in [-0.05, 0) is 35.7 Å². The average molecular weight is 460 g/mol. The van der Waals surface area contributed by atoms with E-state index >= 15 is 0 Å². The van der Waals surface area contributed by atoms with Crippen molar-refractivity contribution in [2.24, 2.45) is 0 Å². The molecule has 0 spiro atoms. The normalized spacial score (nSPS) is 11.9. The van der Waals surface area contributed by atoms with Gasteiger partial charge >= 0.3 is 0 Å². The number of aliphatic hydroxyl groups excluding tert-OH is 1. The van der Waals surface area contributed by atoms with Crippen LogP contribution in [0.25, 0.3) is 22.3 Å². The first-order chi connectivity index (χ1) is 16.5. The first kappa shape index (κ1) is 23.1. The number of aryl methyl sites for hydroxylation is 1. The lowest BCUT2D eigenvalue weighted by atomic mass is 10.0. The van der Waals surface area contributed by atoms with E-state index in [-0.39, 0.29) is 18.0 Å². The molecule has 8 heteroatoms. The molecule has 1 amide bonds. The van der Waals surface area contributed by atoms with Gasteiger partial charge in [-0.3, -0.25) is 9.48 Å². The minimum absolute atomic E-state index is 0.123. The number of carbonyl (C=O) groups is 1. The summed E-state index contributed by atoms with van der Waals surface area (Å²) in [6, 6.07) is 14.5. The summed E-state index contributed by atoms with van der Waals surface area (Å²) in [7, 11) is 0. The number of anilines is 1. The van der Waals surface area contributed by atoms with Gasteiger partial charge in [-0.2, -0.15) is 5.10 Å². The van der Waals surface area contributed by atoms with E-state index in [9.17, 15) is 14.3 Å². The highest BCUT2D eigenvalue weighted by Gasteiger charge is 2.19. The molecule has 4 rings (SSSR count). The van der Waals surface area contributed by atoms with Crippen molar-refractivity contribution in [2.75, 3.05) is 12.3 Å². The van der Waals surface area contributed by atoms with Crippen LogP contribution in [0.5, 0.6) is 0 Å². The number of halogens is 1. The van der Waals surface area contributed by atoms with Crippen molar-refractivity contribution in [3.63, 3.8) is 0 Å². The highest BCUT2D eigenvalue weighted by atomic mass is 19.1. The van der Waals surface area contributed by atoms with Crippen LogP contribution in [-0.2, 0) is 6.54 Å². The van der Waals surface area contributed by atoms with Crippen molar-refractivity contribution in [1.82, 2.24) is 20.1 Å². The van der Waals surface area contributed by atoms with Crippen molar-refractivity contribution in [3.05, 3.63) is 90.1 Å². The smallest absolute Gasteiger partial charge is 0.254 e. The first-order valence-electron chi connectivity index (χ1n) is 11.0. The molecule has 0 unspecified atom stereocenters. The molecule has 34 heavy (non-hydrogen) atoms. The van der Waals surface area contributed by atoms with E-state index in [2.05, 4.69) is 22.3 Å². The third-order valence-electron chi connectivity index (χ3n) is 5.55. The van der Waals surface area contributed by atoms with Crippen molar-refractivity contribution >= 4 is 11.7 Å². The Balaban J connectivity index is 1.58. The predicted molar refractivity (Wildman–Crippen MR) is 129 cm³/mol. The number of hydrogen-bond acceptors (Lipinski definition) is 5. The Labute approximate surface area is 197 Å². The van der Waals surface area contributed by atoms with E-state index in [4.69, 9.17) is 5.73 Å². The maximum atomic E-state index is 15.0. The number of pyridine rings is 1. The molecule has 2 aromatic heterocycles. The summed E-state index contributed by atoms with van der Waals surface area (Å²) in [5.74, 6) is -1.05. The zero-order chi connectivity index (χ0) is 24.1. The van der Waals surface area contributed by atoms with Gasteiger partial charge < -0.3 is 16.2 Å². The fourth-order valence-corrected chi connectivity index (χ4v) is 3.75. The summed E-state index contributed by atoms with van der Waals surface area (Å²) < 4.78 is 16.8. The van der Waals surface area contributed by atoms with Crippen LogP contribution < -0.4 is 11.1 Å². The largest absolute Gasteiger partial charge is 0.394 e. The van der Waals surface area contributed by atoms with Crippen LogP contribution in [0.4, 0.5) is 10.2 Å². The van der Waals surface area contributed by atoms with Gasteiger partial charge in [-0.15, -0.1) is 0 Å². The van der Waals surface area contributed by atoms with E-state index in [1.165, 1.54) is 12.1 Å². The highest BCUT2D eigenvalue weighted by molar-refractivity contribution is 5.95. The topological polar surface area (TPSA) is 106 Å². The number of benzene rings is 2. The van der Waals surface area contributed by atoms with Crippen molar-refractivity contribution in [3.8, 4) is 22.3 Å². The molecular weight excluding hydrogens is 433 g/mol. The maximum absolute atomic E-state index is 15.0. The number of nitrogens with zero attached hydrogens (tertiary/aromatic N) is 3. The molecule has 4 N–H and O–H groups in total. The molecule has 2 heterocycles. The number of aliphatic hydroxyl groups is 1. The van der Waals surface area contributed by atoms with Crippen molar-refractivity contribution in [2.45, 2.75) is 25.9 Å². The molecule has 2 aromatic carbocycles.